The first-order valence-electron chi connectivity index (χ1n) is 43.7. The fourth-order valence-electron chi connectivity index (χ4n) is 13.2. The Morgan fingerprint density at radius 2 is 0.566 bits per heavy atom. The first kappa shape index (κ1) is 105. The average Bonchev–Trinajstić information content (AvgIpc) is 0.879. The molecule has 0 fully saturated rings. The second kappa shape index (κ2) is 74.1. The molecule has 0 heterocycles. The summed E-state index contributed by atoms with van der Waals surface area (Å²) in [6, 6.07) is -2.69. The maximum Gasteiger partial charge on any atom is 0.472 e. The molecule has 0 rings (SSSR count). The van der Waals surface area contributed by atoms with Crippen molar-refractivity contribution in [2.45, 2.75) is 450 Å². The van der Waals surface area contributed by atoms with E-state index in [-0.39, 0.29) is 64.6 Å². The van der Waals surface area contributed by atoms with E-state index < -0.39 is 84.6 Å². The third-order valence-electron chi connectivity index (χ3n) is 19.7. The van der Waals surface area contributed by atoms with E-state index in [1.54, 1.807) is 0 Å². The van der Waals surface area contributed by atoms with Crippen LogP contribution in [-0.4, -0.2) is 161 Å². The maximum absolute atomic E-state index is 13.2. The number of carbonyl (C=O) groups is 1. The molecule has 0 saturated carbocycles. The fraction of sp³-hybridized carbons (Fsp3) is 0.988. The van der Waals surface area contributed by atoms with Crippen LogP contribution in [0.4, 0.5) is 4.79 Å². The van der Waals surface area contributed by atoms with Gasteiger partial charge in [0.2, 0.25) is 11.8 Å². The Hall–Kier alpha value is -0.990. The number of hydrogen-bond acceptors (Lipinski definition) is 19. The smallest absolute Gasteiger partial charge is 0.380 e. The molecule has 636 valence electrons. The topological polar surface area (TPSA) is 335 Å². The van der Waals surface area contributed by atoms with Gasteiger partial charge >= 0.3 is 21.7 Å². The number of hydrogen-bond donors (Lipinski definition) is 12. The van der Waals surface area contributed by atoms with Crippen LogP contribution >= 0.6 is 15.6 Å². The van der Waals surface area contributed by atoms with Crippen molar-refractivity contribution < 1.29 is 91.4 Å². The van der Waals surface area contributed by atoms with Gasteiger partial charge in [0, 0.05) is 39.1 Å². The quantitative estimate of drug-likeness (QED) is 0.0153. The number of aliphatic hydroxyl groups excluding tert-OH is 2. The minimum atomic E-state index is -4.77. The first-order valence-corrected chi connectivity index (χ1v) is 46.7. The summed E-state index contributed by atoms with van der Waals surface area (Å²) in [5, 5.41) is 76.9. The van der Waals surface area contributed by atoms with Gasteiger partial charge in [0.15, 0.2) is 12.6 Å². The van der Waals surface area contributed by atoms with Crippen molar-refractivity contribution in [3.05, 3.63) is 0 Å². The van der Waals surface area contributed by atoms with Crippen LogP contribution in [0.2, 0.25) is 0 Å². The lowest BCUT2D eigenvalue weighted by Gasteiger charge is -2.29. The van der Waals surface area contributed by atoms with E-state index in [2.05, 4.69) is 62.8 Å². The van der Waals surface area contributed by atoms with Crippen LogP contribution in [-0.2, 0) is 46.2 Å². The SMILES string of the molecule is CCCCCCCCCCCCC(O)(O)NC(COCCC(CCCCCCC)OC(O)CCCCCCCCCCC)COP(=O)(O)OCCNC(=O)NCCOP(=O)(O)OCC(COCCC(CCCCCCC)OC(O)CCCCCCCCCCC)NC(O)(O)CCCCCCCCCCCC. The van der Waals surface area contributed by atoms with E-state index in [0.29, 0.717) is 38.5 Å². The number of carbonyl (C=O) groups excluding carboxylic acids is 1. The number of nitrogens with one attached hydrogen (secondary N) is 4. The van der Waals surface area contributed by atoms with Crippen molar-refractivity contribution >= 4 is 21.7 Å². The normalized spacial score (nSPS) is 15.2. The zero-order chi connectivity index (χ0) is 78.2. The number of aliphatic hydroxyl groups is 6. The van der Waals surface area contributed by atoms with E-state index in [0.717, 1.165) is 167 Å². The van der Waals surface area contributed by atoms with E-state index >= 15 is 0 Å². The van der Waals surface area contributed by atoms with E-state index in [1.807, 2.05) is 0 Å². The molecule has 0 spiro atoms. The second-order valence-electron chi connectivity index (χ2n) is 30.4. The molecule has 106 heavy (non-hydrogen) atoms. The van der Waals surface area contributed by atoms with Crippen molar-refractivity contribution in [3.8, 4) is 0 Å². The molecule has 0 aromatic rings. The molecule has 25 heteroatoms. The maximum atomic E-state index is 13.2. The van der Waals surface area contributed by atoms with Crippen molar-refractivity contribution in [1.82, 2.24) is 21.3 Å². The molecule has 0 aliphatic rings. The standard InChI is InChI=1S/C81H168N4O19P2/c1-7-13-19-25-29-33-37-41-47-53-61-80(89,90)84-73(69-97-65-59-75(55-49-43-23-17-11-5)103-77(86)57-51-45-39-35-31-27-21-15-9-3)71-101-105(93,94)99-67-63-82-79(88)83-64-68-100-106(95,96)102-72-74(85-81(91,92)62-54-48-42-38-34-30-26-20-14-8-2)70-98-66-60-76(56-50-44-24-18-12-6)104-78(87)58-52-46-40-36-32-28-22-16-10-4/h73-78,84-87,89-92H,7-72H2,1-6H3,(H,93,94)(H,95,96)(H2,82,83,88). The lowest BCUT2D eigenvalue weighted by Crippen LogP contribution is -2.53. The molecular weight excluding hydrogens is 1390 g/mol. The number of unbranched alkanes of at least 4 members (excludes halogenated alkanes) is 42. The molecule has 0 bridgehead atoms. The van der Waals surface area contributed by atoms with Crippen LogP contribution < -0.4 is 21.3 Å². The van der Waals surface area contributed by atoms with Crippen molar-refractivity contribution in [2.75, 3.05) is 65.9 Å². The van der Waals surface area contributed by atoms with Gasteiger partial charge in [-0.05, 0) is 64.2 Å². The zero-order valence-electron chi connectivity index (χ0n) is 68.6. The summed E-state index contributed by atoms with van der Waals surface area (Å²) >= 11 is 0. The van der Waals surface area contributed by atoms with Crippen molar-refractivity contribution in [3.63, 3.8) is 0 Å². The van der Waals surface area contributed by atoms with Gasteiger partial charge in [0.1, 0.15) is 0 Å². The predicted octanol–water partition coefficient (Wildman–Crippen LogP) is 19.2. The van der Waals surface area contributed by atoms with Gasteiger partial charge in [-0.15, -0.1) is 0 Å². The molecule has 8 atom stereocenters. The van der Waals surface area contributed by atoms with Crippen LogP contribution in [0.1, 0.15) is 401 Å². The lowest BCUT2D eigenvalue weighted by molar-refractivity contribution is -0.202. The molecule has 0 aliphatic carbocycles. The highest BCUT2D eigenvalue weighted by atomic mass is 31.2. The summed E-state index contributed by atoms with van der Waals surface area (Å²) in [7, 11) is -9.55. The Morgan fingerprint density at radius 3 is 0.840 bits per heavy atom. The molecule has 0 aromatic carbocycles. The molecular formula is C81H168N4O19P2. The fourth-order valence-corrected chi connectivity index (χ4v) is 14.7. The highest BCUT2D eigenvalue weighted by Gasteiger charge is 2.32. The monoisotopic (exact) mass is 1560 g/mol. The third kappa shape index (κ3) is 73.2. The van der Waals surface area contributed by atoms with E-state index in [4.69, 9.17) is 37.0 Å². The highest BCUT2D eigenvalue weighted by Crippen LogP contribution is 2.44. The summed E-state index contributed by atoms with van der Waals surface area (Å²) in [4.78, 5) is 34.2. The minimum Gasteiger partial charge on any atom is -0.380 e. The molecule has 0 aromatic heterocycles. The van der Waals surface area contributed by atoms with Gasteiger partial charge < -0.3 is 70.0 Å². The van der Waals surface area contributed by atoms with E-state index in [9.17, 15) is 54.4 Å². The van der Waals surface area contributed by atoms with Gasteiger partial charge in [-0.1, -0.05) is 324 Å². The molecule has 8 unspecified atom stereocenters. The third-order valence-corrected chi connectivity index (χ3v) is 21.6. The average molecular weight is 1560 g/mol. The molecule has 0 saturated heterocycles. The van der Waals surface area contributed by atoms with Gasteiger partial charge in [-0.2, -0.15) is 0 Å². The van der Waals surface area contributed by atoms with Gasteiger partial charge in [0.05, 0.1) is 63.9 Å². The van der Waals surface area contributed by atoms with Crippen LogP contribution in [0, 0.1) is 0 Å². The summed E-state index contributed by atoms with van der Waals surface area (Å²) < 4.78 is 72.0. The molecule has 23 nitrogen and oxygen atoms in total. The van der Waals surface area contributed by atoms with Crippen LogP contribution in [0.5, 0.6) is 0 Å². The van der Waals surface area contributed by atoms with Crippen molar-refractivity contribution in [2.24, 2.45) is 0 Å². The number of rotatable bonds is 86. The molecule has 12 N–H and O–H groups in total. The highest BCUT2D eigenvalue weighted by molar-refractivity contribution is 7.47. The zero-order valence-corrected chi connectivity index (χ0v) is 70.4. The van der Waals surface area contributed by atoms with Gasteiger partial charge in [-0.3, -0.25) is 28.7 Å². The van der Waals surface area contributed by atoms with Crippen molar-refractivity contribution in [1.29, 1.82) is 0 Å². The lowest BCUT2D eigenvalue weighted by atomic mass is 10.0. The van der Waals surface area contributed by atoms with E-state index in [1.165, 1.54) is 141 Å². The molecule has 0 radical (unpaired) electrons. The second-order valence-corrected chi connectivity index (χ2v) is 33.3. The molecule has 0 aliphatic heterocycles. The predicted molar refractivity (Wildman–Crippen MR) is 429 cm³/mol. The summed E-state index contributed by atoms with van der Waals surface area (Å²) in [5.41, 5.74) is 0. The van der Waals surface area contributed by atoms with Crippen LogP contribution in [0.15, 0.2) is 0 Å². The Morgan fingerprint density at radius 1 is 0.321 bits per heavy atom. The van der Waals surface area contributed by atoms with Gasteiger partial charge in [-0.25, -0.2) is 13.9 Å². The minimum absolute atomic E-state index is 0.000813. The Bertz CT molecular complexity index is 1850. The first-order chi connectivity index (χ1) is 51.2. The number of ether oxygens (including phenoxy) is 4. The number of phosphoric acid groups is 2. The Labute approximate surface area is 647 Å². The molecule has 2 amide bonds. The van der Waals surface area contributed by atoms with Crippen LogP contribution in [0.25, 0.3) is 0 Å². The number of amides is 2. The Kier molecular flexibility index (Phi) is 73.4. The van der Waals surface area contributed by atoms with Crippen LogP contribution in [0.3, 0.4) is 0 Å². The van der Waals surface area contributed by atoms with Gasteiger partial charge in [0.25, 0.3) is 0 Å². The number of phosphoric ester groups is 2. The number of urea groups is 1. The summed E-state index contributed by atoms with van der Waals surface area (Å²) in [6.07, 6.45) is 54.7. The summed E-state index contributed by atoms with van der Waals surface area (Å²) in [6.45, 7) is 10.9. The Balaban J connectivity index is 5.66. The summed E-state index contributed by atoms with van der Waals surface area (Å²) in [5.74, 6) is -4.68. The largest absolute Gasteiger partial charge is 0.472 e.